The fourth-order valence-electron chi connectivity index (χ4n) is 2.55. The van der Waals surface area contributed by atoms with Crippen LogP contribution in [-0.4, -0.2) is 36.1 Å². The predicted molar refractivity (Wildman–Crippen MR) is 110 cm³/mol. The summed E-state index contributed by atoms with van der Waals surface area (Å²) in [5.74, 6) is 0.813. The lowest BCUT2D eigenvalue weighted by Gasteiger charge is -2.06. The third kappa shape index (κ3) is 21.3. The minimum absolute atomic E-state index is 0.104. The van der Waals surface area contributed by atoms with Gasteiger partial charge in [-0.25, -0.2) is 0 Å². The summed E-state index contributed by atoms with van der Waals surface area (Å²) < 4.78 is 5.08. The molecule has 0 aromatic heterocycles. The third-order valence-electron chi connectivity index (χ3n) is 3.90. The molecule has 0 saturated heterocycles. The van der Waals surface area contributed by atoms with E-state index in [0.29, 0.717) is 19.6 Å². The van der Waals surface area contributed by atoms with E-state index < -0.39 is 0 Å². The highest BCUT2D eigenvalue weighted by atomic mass is 16.5. The average molecular weight is 357 g/mol. The highest BCUT2D eigenvalue weighted by Crippen LogP contribution is 2.25. The largest absolute Gasteiger partial charge is 0.396 e. The topological polar surface area (TPSA) is 49.7 Å². The Hall–Kier alpha value is -0.640. The van der Waals surface area contributed by atoms with Crippen molar-refractivity contribution in [3.8, 4) is 0 Å². The zero-order chi connectivity index (χ0) is 19.3. The Morgan fingerprint density at radius 3 is 2.40 bits per heavy atom. The van der Waals surface area contributed by atoms with Crippen LogP contribution in [0.5, 0.6) is 0 Å². The van der Waals surface area contributed by atoms with Crippen LogP contribution in [0, 0.1) is 5.92 Å². The molecule has 2 N–H and O–H groups in total. The molecule has 0 radical (unpaired) electrons. The van der Waals surface area contributed by atoms with Gasteiger partial charge in [-0.15, -0.1) is 0 Å². The normalized spacial score (nSPS) is 15.3. The van der Waals surface area contributed by atoms with Gasteiger partial charge in [-0.2, -0.15) is 0 Å². The minimum atomic E-state index is -0.104. The molecule has 1 rings (SSSR count). The monoisotopic (exact) mass is 356 g/mol. The van der Waals surface area contributed by atoms with Crippen LogP contribution in [0.3, 0.4) is 0 Å². The first kappa shape index (κ1) is 26.6. The van der Waals surface area contributed by atoms with Gasteiger partial charge < -0.3 is 14.9 Å². The van der Waals surface area contributed by atoms with Crippen molar-refractivity contribution in [2.24, 2.45) is 5.92 Å². The molecule has 0 aromatic carbocycles. The Kier molecular flexibility index (Phi) is 22.8. The molecule has 3 heteroatoms. The first-order valence-electron chi connectivity index (χ1n) is 10.3. The quantitative estimate of drug-likeness (QED) is 0.371. The SMILES string of the molecule is C=C(C)COCCCO.CC.CCCC[C@H](O)C/C=C/C1CCCC1. The molecule has 0 aromatic rings. The van der Waals surface area contributed by atoms with Gasteiger partial charge in [0.15, 0.2) is 0 Å². The highest BCUT2D eigenvalue weighted by Gasteiger charge is 2.11. The minimum Gasteiger partial charge on any atom is -0.396 e. The molecule has 0 amide bonds. The van der Waals surface area contributed by atoms with E-state index in [-0.39, 0.29) is 12.7 Å². The van der Waals surface area contributed by atoms with Crippen molar-refractivity contribution < 1.29 is 14.9 Å². The van der Waals surface area contributed by atoms with E-state index in [2.05, 4.69) is 25.7 Å². The van der Waals surface area contributed by atoms with Gasteiger partial charge in [-0.1, -0.05) is 70.8 Å². The zero-order valence-corrected chi connectivity index (χ0v) is 17.3. The first-order chi connectivity index (χ1) is 12.1. The highest BCUT2D eigenvalue weighted by molar-refractivity contribution is 4.91. The van der Waals surface area contributed by atoms with Gasteiger partial charge in [0.05, 0.1) is 12.7 Å². The standard InChI is InChI=1S/C13H24O.C7H14O2.C2H6/c1-2-3-10-13(14)11-6-9-12-7-4-5-8-12;1-7(2)6-9-5-3-4-8;1-2/h6,9,12-14H,2-5,7-8,10-11H2,1H3;8H,1,3-6H2,2H3;1-2H3/b9-6+;;/t13-;;/m0../s1. The lowest BCUT2D eigenvalue weighted by atomic mass is 10.1. The lowest BCUT2D eigenvalue weighted by molar-refractivity contribution is 0.134. The molecule has 0 heterocycles. The maximum atomic E-state index is 9.60. The Morgan fingerprint density at radius 1 is 1.24 bits per heavy atom. The number of hydrogen-bond donors (Lipinski definition) is 2. The number of allylic oxidation sites excluding steroid dienone is 1. The Labute approximate surface area is 157 Å². The van der Waals surface area contributed by atoms with Gasteiger partial charge in [0.25, 0.3) is 0 Å². The van der Waals surface area contributed by atoms with Gasteiger partial charge in [0.2, 0.25) is 0 Å². The maximum absolute atomic E-state index is 9.60. The Morgan fingerprint density at radius 2 is 1.88 bits per heavy atom. The summed E-state index contributed by atoms with van der Waals surface area (Å²) in [5, 5.41) is 17.9. The molecule has 0 bridgehead atoms. The maximum Gasteiger partial charge on any atom is 0.0671 e. The number of rotatable bonds is 11. The lowest BCUT2D eigenvalue weighted by Crippen LogP contribution is -2.04. The molecule has 1 aliphatic carbocycles. The number of hydrogen-bond acceptors (Lipinski definition) is 3. The molecule has 150 valence electrons. The van der Waals surface area contributed by atoms with Crippen molar-refractivity contribution in [2.75, 3.05) is 19.8 Å². The summed E-state index contributed by atoms with van der Waals surface area (Å²) in [6, 6.07) is 0. The van der Waals surface area contributed by atoms with Crippen molar-refractivity contribution in [3.63, 3.8) is 0 Å². The van der Waals surface area contributed by atoms with Crippen LogP contribution in [0.4, 0.5) is 0 Å². The van der Waals surface area contributed by atoms with E-state index >= 15 is 0 Å². The first-order valence-corrected chi connectivity index (χ1v) is 10.3. The molecular formula is C22H44O3. The molecular weight excluding hydrogens is 312 g/mol. The molecule has 0 aliphatic heterocycles. The summed E-state index contributed by atoms with van der Waals surface area (Å²) in [6.07, 6.45) is 14.8. The van der Waals surface area contributed by atoms with Crippen molar-refractivity contribution >= 4 is 0 Å². The van der Waals surface area contributed by atoms with Crippen molar-refractivity contribution in [1.29, 1.82) is 0 Å². The predicted octanol–water partition coefficient (Wildman–Crippen LogP) is 5.66. The Balaban J connectivity index is 0. The fourth-order valence-corrected chi connectivity index (χ4v) is 2.55. The summed E-state index contributed by atoms with van der Waals surface area (Å²) >= 11 is 0. The molecule has 25 heavy (non-hydrogen) atoms. The average Bonchev–Trinajstić information content (AvgIpc) is 3.12. The second-order valence-corrected chi connectivity index (χ2v) is 6.59. The van der Waals surface area contributed by atoms with E-state index in [0.717, 1.165) is 30.8 Å². The van der Waals surface area contributed by atoms with Crippen LogP contribution >= 0.6 is 0 Å². The van der Waals surface area contributed by atoms with Crippen LogP contribution in [0.25, 0.3) is 0 Å². The second kappa shape index (κ2) is 21.4. The number of ether oxygens (including phenoxy) is 1. The molecule has 0 spiro atoms. The van der Waals surface area contributed by atoms with E-state index in [9.17, 15) is 5.11 Å². The third-order valence-corrected chi connectivity index (χ3v) is 3.90. The van der Waals surface area contributed by atoms with Gasteiger partial charge in [0, 0.05) is 13.2 Å². The number of unbranched alkanes of at least 4 members (excludes halogenated alkanes) is 1. The summed E-state index contributed by atoms with van der Waals surface area (Å²) in [5.41, 5.74) is 1.02. The molecule has 1 atom stereocenters. The van der Waals surface area contributed by atoms with Crippen LogP contribution in [0.2, 0.25) is 0 Å². The van der Waals surface area contributed by atoms with E-state index in [1.807, 2.05) is 20.8 Å². The van der Waals surface area contributed by atoms with E-state index in [1.54, 1.807) is 0 Å². The van der Waals surface area contributed by atoms with Gasteiger partial charge in [0.1, 0.15) is 0 Å². The number of aliphatic hydroxyl groups excluding tert-OH is 2. The molecule has 1 saturated carbocycles. The van der Waals surface area contributed by atoms with Crippen LogP contribution < -0.4 is 0 Å². The van der Waals surface area contributed by atoms with Gasteiger partial charge in [-0.3, -0.25) is 0 Å². The number of aliphatic hydroxyl groups is 2. The van der Waals surface area contributed by atoms with Crippen molar-refractivity contribution in [3.05, 3.63) is 24.3 Å². The summed E-state index contributed by atoms with van der Waals surface area (Å²) in [4.78, 5) is 0. The van der Waals surface area contributed by atoms with E-state index in [4.69, 9.17) is 9.84 Å². The fraction of sp³-hybridized carbons (Fsp3) is 0.818. The second-order valence-electron chi connectivity index (χ2n) is 6.59. The van der Waals surface area contributed by atoms with Crippen LogP contribution in [0.15, 0.2) is 24.3 Å². The van der Waals surface area contributed by atoms with Gasteiger partial charge >= 0.3 is 0 Å². The van der Waals surface area contributed by atoms with E-state index in [1.165, 1.54) is 32.1 Å². The molecule has 3 nitrogen and oxygen atoms in total. The van der Waals surface area contributed by atoms with Crippen molar-refractivity contribution in [2.45, 2.75) is 91.6 Å². The van der Waals surface area contributed by atoms with Crippen molar-refractivity contribution in [1.82, 2.24) is 0 Å². The van der Waals surface area contributed by atoms with Gasteiger partial charge in [-0.05, 0) is 44.9 Å². The summed E-state index contributed by atoms with van der Waals surface area (Å²) in [7, 11) is 0. The smallest absolute Gasteiger partial charge is 0.0671 e. The zero-order valence-electron chi connectivity index (χ0n) is 17.3. The Bertz CT molecular complexity index is 294. The molecule has 1 aliphatic rings. The molecule has 0 unspecified atom stereocenters. The van der Waals surface area contributed by atoms with Crippen LogP contribution in [-0.2, 0) is 4.74 Å². The van der Waals surface area contributed by atoms with Crippen LogP contribution in [0.1, 0.15) is 85.5 Å². The summed E-state index contributed by atoms with van der Waals surface area (Å²) in [6.45, 7) is 13.2. The molecule has 1 fully saturated rings.